The lowest BCUT2D eigenvalue weighted by Gasteiger charge is -2.51. The topological polar surface area (TPSA) is 73.3 Å². The number of fused-ring (bicyclic) bond motifs is 2. The molecule has 2 unspecified atom stereocenters. The second-order valence-electron chi connectivity index (χ2n) is 8.33. The number of carbonyl (C=O) groups excluding carboxylic acids is 1. The zero-order chi connectivity index (χ0) is 18.1. The van der Waals surface area contributed by atoms with Gasteiger partial charge in [0.25, 0.3) is 0 Å². The van der Waals surface area contributed by atoms with Crippen LogP contribution in [0, 0.1) is 0 Å². The van der Waals surface area contributed by atoms with E-state index in [-0.39, 0.29) is 12.1 Å². The third-order valence-electron chi connectivity index (χ3n) is 6.78. The predicted octanol–water partition coefficient (Wildman–Crippen LogP) is 1.76. The SMILES string of the molecule is O=C1CCCCCN1C1CCN(C2CC3COCC(C2)N3C(=O)O)CC1. The Morgan fingerprint density at radius 3 is 2.27 bits per heavy atom. The maximum absolute atomic E-state index is 12.4. The average molecular weight is 365 g/mol. The highest BCUT2D eigenvalue weighted by atomic mass is 16.5. The Hall–Kier alpha value is -1.34. The van der Waals surface area contributed by atoms with E-state index in [1.54, 1.807) is 4.90 Å². The molecule has 7 nitrogen and oxygen atoms in total. The van der Waals surface area contributed by atoms with Crippen molar-refractivity contribution in [2.24, 2.45) is 0 Å². The number of likely N-dealkylation sites (tertiary alicyclic amines) is 2. The molecule has 26 heavy (non-hydrogen) atoms. The van der Waals surface area contributed by atoms with Crippen molar-refractivity contribution in [2.45, 2.75) is 75.5 Å². The van der Waals surface area contributed by atoms with E-state index in [9.17, 15) is 14.7 Å². The second kappa shape index (κ2) is 7.72. The lowest BCUT2D eigenvalue weighted by molar-refractivity contribution is -0.134. The van der Waals surface area contributed by atoms with Gasteiger partial charge in [0.15, 0.2) is 0 Å². The van der Waals surface area contributed by atoms with Crippen molar-refractivity contribution < 1.29 is 19.4 Å². The van der Waals surface area contributed by atoms with E-state index in [1.165, 1.54) is 6.42 Å². The minimum atomic E-state index is -0.805. The molecule has 4 saturated heterocycles. The van der Waals surface area contributed by atoms with Crippen molar-refractivity contribution in [2.75, 3.05) is 32.8 Å². The summed E-state index contributed by atoms with van der Waals surface area (Å²) in [5, 5.41) is 9.49. The van der Waals surface area contributed by atoms with E-state index < -0.39 is 6.09 Å². The van der Waals surface area contributed by atoms with Crippen LogP contribution in [-0.4, -0.2) is 88.8 Å². The molecule has 1 N–H and O–H groups in total. The second-order valence-corrected chi connectivity index (χ2v) is 8.33. The van der Waals surface area contributed by atoms with Crippen LogP contribution >= 0.6 is 0 Å². The Labute approximate surface area is 155 Å². The number of carboxylic acid groups (broad SMARTS) is 1. The van der Waals surface area contributed by atoms with Gasteiger partial charge in [-0.1, -0.05) is 6.42 Å². The van der Waals surface area contributed by atoms with Crippen LogP contribution in [0.5, 0.6) is 0 Å². The zero-order valence-corrected chi connectivity index (χ0v) is 15.5. The van der Waals surface area contributed by atoms with E-state index in [1.807, 2.05) is 0 Å². The van der Waals surface area contributed by atoms with Crippen LogP contribution in [0.3, 0.4) is 0 Å². The lowest BCUT2D eigenvalue weighted by atomic mass is 9.88. The van der Waals surface area contributed by atoms with Gasteiger partial charge < -0.3 is 19.6 Å². The van der Waals surface area contributed by atoms with Gasteiger partial charge in [0, 0.05) is 38.1 Å². The molecule has 0 aromatic rings. The molecule has 0 aromatic heterocycles. The molecule has 0 aliphatic carbocycles. The van der Waals surface area contributed by atoms with Crippen molar-refractivity contribution in [3.8, 4) is 0 Å². The maximum atomic E-state index is 12.4. The number of hydrogen-bond donors (Lipinski definition) is 1. The largest absolute Gasteiger partial charge is 0.465 e. The Morgan fingerprint density at radius 1 is 0.923 bits per heavy atom. The molecule has 4 aliphatic heterocycles. The molecule has 0 spiro atoms. The van der Waals surface area contributed by atoms with Gasteiger partial charge in [-0.2, -0.15) is 0 Å². The van der Waals surface area contributed by atoms with Crippen LogP contribution in [0.15, 0.2) is 0 Å². The van der Waals surface area contributed by atoms with Gasteiger partial charge in [0.05, 0.1) is 25.3 Å². The first kappa shape index (κ1) is 18.0. The van der Waals surface area contributed by atoms with Gasteiger partial charge in [-0.05, 0) is 38.5 Å². The zero-order valence-electron chi connectivity index (χ0n) is 15.5. The van der Waals surface area contributed by atoms with Gasteiger partial charge in [-0.3, -0.25) is 9.69 Å². The van der Waals surface area contributed by atoms with E-state index in [0.717, 1.165) is 64.6 Å². The molecule has 4 heterocycles. The lowest BCUT2D eigenvalue weighted by Crippen LogP contribution is -2.63. The molecule has 146 valence electrons. The van der Waals surface area contributed by atoms with Crippen molar-refractivity contribution >= 4 is 12.0 Å². The highest BCUT2D eigenvalue weighted by Crippen LogP contribution is 2.32. The normalized spacial score (nSPS) is 34.6. The molecule has 4 rings (SSSR count). The molecule has 0 saturated carbocycles. The fourth-order valence-corrected chi connectivity index (χ4v) is 5.45. The van der Waals surface area contributed by atoms with E-state index in [4.69, 9.17) is 4.74 Å². The van der Waals surface area contributed by atoms with E-state index in [0.29, 0.717) is 31.2 Å². The third-order valence-corrected chi connectivity index (χ3v) is 6.78. The first-order chi connectivity index (χ1) is 12.6. The summed E-state index contributed by atoms with van der Waals surface area (Å²) >= 11 is 0. The Kier molecular flexibility index (Phi) is 5.36. The summed E-state index contributed by atoms with van der Waals surface area (Å²) in [7, 11) is 0. The van der Waals surface area contributed by atoms with Crippen LogP contribution in [0.1, 0.15) is 51.4 Å². The number of ether oxygens (including phenoxy) is 1. The molecule has 2 bridgehead atoms. The predicted molar refractivity (Wildman–Crippen MR) is 96.1 cm³/mol. The number of nitrogens with zero attached hydrogens (tertiary/aromatic N) is 3. The van der Waals surface area contributed by atoms with Gasteiger partial charge in [0.2, 0.25) is 5.91 Å². The number of hydrogen-bond acceptors (Lipinski definition) is 4. The molecular weight excluding hydrogens is 334 g/mol. The summed E-state index contributed by atoms with van der Waals surface area (Å²) in [4.78, 5) is 30.2. The van der Waals surface area contributed by atoms with Crippen molar-refractivity contribution in [1.82, 2.24) is 14.7 Å². The van der Waals surface area contributed by atoms with Crippen molar-refractivity contribution in [3.63, 3.8) is 0 Å². The third kappa shape index (κ3) is 3.56. The number of amides is 2. The molecule has 7 heteroatoms. The Morgan fingerprint density at radius 2 is 1.62 bits per heavy atom. The standard InChI is InChI=1S/C19H31N3O4/c23-18-4-2-1-3-7-21(18)14-5-8-20(9-6-14)15-10-16-12-26-13-17(11-15)22(16)19(24)25/h14-17H,1-13H2,(H,24,25). The molecule has 4 aliphatic rings. The summed E-state index contributed by atoms with van der Waals surface area (Å²) in [5.74, 6) is 0.349. The quantitative estimate of drug-likeness (QED) is 0.807. The summed E-state index contributed by atoms with van der Waals surface area (Å²) in [6, 6.07) is 0.842. The first-order valence-electron chi connectivity index (χ1n) is 10.3. The maximum Gasteiger partial charge on any atom is 0.407 e. The molecule has 4 fully saturated rings. The van der Waals surface area contributed by atoms with E-state index >= 15 is 0 Å². The highest BCUT2D eigenvalue weighted by Gasteiger charge is 2.44. The molecule has 0 radical (unpaired) electrons. The minimum Gasteiger partial charge on any atom is -0.465 e. The fourth-order valence-electron chi connectivity index (χ4n) is 5.45. The summed E-state index contributed by atoms with van der Waals surface area (Å²) < 4.78 is 5.60. The monoisotopic (exact) mass is 365 g/mol. The smallest absolute Gasteiger partial charge is 0.407 e. The van der Waals surface area contributed by atoms with Gasteiger partial charge in [0.1, 0.15) is 0 Å². The van der Waals surface area contributed by atoms with Crippen LogP contribution in [0.25, 0.3) is 0 Å². The molecule has 2 atom stereocenters. The van der Waals surface area contributed by atoms with E-state index in [2.05, 4.69) is 9.80 Å². The van der Waals surface area contributed by atoms with Gasteiger partial charge in [-0.25, -0.2) is 4.79 Å². The molecular formula is C19H31N3O4. The Bertz CT molecular complexity index is 521. The highest BCUT2D eigenvalue weighted by molar-refractivity contribution is 5.76. The van der Waals surface area contributed by atoms with Crippen LogP contribution in [-0.2, 0) is 9.53 Å². The van der Waals surface area contributed by atoms with Gasteiger partial charge >= 0.3 is 6.09 Å². The van der Waals surface area contributed by atoms with Crippen LogP contribution in [0.2, 0.25) is 0 Å². The summed E-state index contributed by atoms with van der Waals surface area (Å²) in [6.07, 6.45) is 7.12. The number of piperidine rings is 2. The molecule has 0 aromatic carbocycles. The first-order valence-corrected chi connectivity index (χ1v) is 10.3. The molecule has 2 amide bonds. The average Bonchev–Trinajstić information content (AvgIpc) is 2.85. The fraction of sp³-hybridized carbons (Fsp3) is 0.895. The number of carbonyl (C=O) groups is 2. The Balaban J connectivity index is 1.34. The van der Waals surface area contributed by atoms with Crippen LogP contribution in [0.4, 0.5) is 4.79 Å². The van der Waals surface area contributed by atoms with Crippen molar-refractivity contribution in [3.05, 3.63) is 0 Å². The van der Waals surface area contributed by atoms with Crippen molar-refractivity contribution in [1.29, 1.82) is 0 Å². The van der Waals surface area contributed by atoms with Gasteiger partial charge in [-0.15, -0.1) is 0 Å². The number of morpholine rings is 1. The summed E-state index contributed by atoms with van der Waals surface area (Å²) in [5.41, 5.74) is 0. The summed E-state index contributed by atoms with van der Waals surface area (Å²) in [6.45, 7) is 4.02. The number of rotatable bonds is 2. The minimum absolute atomic E-state index is 0.00471. The van der Waals surface area contributed by atoms with Crippen LogP contribution < -0.4 is 0 Å².